The number of rotatable bonds is 9. The molecule has 0 aliphatic rings. The second-order valence-electron chi connectivity index (χ2n) is 6.58. The molecule has 0 aromatic heterocycles. The molecule has 0 saturated carbocycles. The van der Waals surface area contributed by atoms with Crippen LogP contribution in [-0.2, 0) is 6.61 Å². The Morgan fingerprint density at radius 2 is 1.69 bits per heavy atom. The summed E-state index contributed by atoms with van der Waals surface area (Å²) in [4.78, 5) is 12.5. The number of hydrogen-bond acceptors (Lipinski definition) is 6. The SMILES string of the molecule is COc1cc(C(=O)N/N=C/c2cc(Cl)c(OC)c(OC)c2)ccc1OCc1ccccc1. The zero-order chi connectivity index (χ0) is 22.9. The maximum atomic E-state index is 12.5. The number of halogens is 1. The molecule has 0 radical (unpaired) electrons. The summed E-state index contributed by atoms with van der Waals surface area (Å²) < 4.78 is 21.7. The molecule has 1 amide bonds. The molecule has 0 aliphatic heterocycles. The minimum absolute atomic E-state index is 0.371. The van der Waals surface area contributed by atoms with Crippen molar-refractivity contribution in [2.45, 2.75) is 6.61 Å². The number of nitrogens with one attached hydrogen (secondary N) is 1. The first-order valence-corrected chi connectivity index (χ1v) is 10.0. The predicted octanol–water partition coefficient (Wildman–Crippen LogP) is 4.71. The van der Waals surface area contributed by atoms with Crippen molar-refractivity contribution in [1.29, 1.82) is 0 Å². The fraction of sp³-hybridized carbons (Fsp3) is 0.167. The highest BCUT2D eigenvalue weighted by atomic mass is 35.5. The van der Waals surface area contributed by atoms with Crippen LogP contribution in [0.4, 0.5) is 0 Å². The third-order valence-corrected chi connectivity index (χ3v) is 4.78. The number of nitrogens with zero attached hydrogens (tertiary/aromatic N) is 1. The molecule has 0 atom stereocenters. The topological polar surface area (TPSA) is 78.4 Å². The van der Waals surface area contributed by atoms with E-state index in [0.29, 0.717) is 45.8 Å². The molecule has 7 nitrogen and oxygen atoms in total. The molecule has 0 aliphatic carbocycles. The van der Waals surface area contributed by atoms with Gasteiger partial charge in [0.1, 0.15) is 6.61 Å². The van der Waals surface area contributed by atoms with Crippen molar-refractivity contribution in [2.24, 2.45) is 5.10 Å². The predicted molar refractivity (Wildman–Crippen MR) is 123 cm³/mol. The highest BCUT2D eigenvalue weighted by Gasteiger charge is 2.12. The number of benzene rings is 3. The Morgan fingerprint density at radius 3 is 2.38 bits per heavy atom. The zero-order valence-corrected chi connectivity index (χ0v) is 18.7. The fourth-order valence-electron chi connectivity index (χ4n) is 2.91. The lowest BCUT2D eigenvalue weighted by atomic mass is 10.2. The Bertz CT molecular complexity index is 1100. The number of carbonyl (C=O) groups excluding carboxylic acids is 1. The number of hydrogen-bond donors (Lipinski definition) is 1. The van der Waals surface area contributed by atoms with Gasteiger partial charge in [-0.05, 0) is 41.5 Å². The lowest BCUT2D eigenvalue weighted by Gasteiger charge is -2.12. The van der Waals surface area contributed by atoms with Crippen LogP contribution in [0.5, 0.6) is 23.0 Å². The van der Waals surface area contributed by atoms with E-state index < -0.39 is 5.91 Å². The van der Waals surface area contributed by atoms with Crippen molar-refractivity contribution in [2.75, 3.05) is 21.3 Å². The van der Waals surface area contributed by atoms with Gasteiger partial charge in [-0.2, -0.15) is 5.10 Å². The highest BCUT2D eigenvalue weighted by molar-refractivity contribution is 6.32. The first kappa shape index (κ1) is 23.0. The first-order valence-electron chi connectivity index (χ1n) is 9.65. The van der Waals surface area contributed by atoms with Gasteiger partial charge in [0.25, 0.3) is 5.91 Å². The van der Waals surface area contributed by atoms with Crippen molar-refractivity contribution < 1.29 is 23.7 Å². The van der Waals surface area contributed by atoms with E-state index in [1.807, 2.05) is 30.3 Å². The van der Waals surface area contributed by atoms with Crippen LogP contribution >= 0.6 is 11.6 Å². The zero-order valence-electron chi connectivity index (χ0n) is 17.9. The smallest absolute Gasteiger partial charge is 0.271 e. The van der Waals surface area contributed by atoms with E-state index in [-0.39, 0.29) is 0 Å². The molecular formula is C24H23ClN2O5. The summed E-state index contributed by atoms with van der Waals surface area (Å²) in [5, 5.41) is 4.36. The van der Waals surface area contributed by atoms with Crippen molar-refractivity contribution in [3.05, 3.63) is 82.4 Å². The maximum absolute atomic E-state index is 12.5. The lowest BCUT2D eigenvalue weighted by Crippen LogP contribution is -2.17. The molecule has 3 rings (SSSR count). The lowest BCUT2D eigenvalue weighted by molar-refractivity contribution is 0.0954. The van der Waals surface area contributed by atoms with Crippen LogP contribution in [0.15, 0.2) is 65.8 Å². The minimum atomic E-state index is -0.402. The van der Waals surface area contributed by atoms with Gasteiger partial charge in [0.15, 0.2) is 23.0 Å². The third-order valence-electron chi connectivity index (χ3n) is 4.50. The van der Waals surface area contributed by atoms with Crippen LogP contribution in [0.2, 0.25) is 5.02 Å². The third kappa shape index (κ3) is 5.70. The van der Waals surface area contributed by atoms with Crippen molar-refractivity contribution in [3.8, 4) is 23.0 Å². The highest BCUT2D eigenvalue weighted by Crippen LogP contribution is 2.35. The second-order valence-corrected chi connectivity index (χ2v) is 6.98. The van der Waals surface area contributed by atoms with Gasteiger partial charge < -0.3 is 18.9 Å². The standard InChI is InChI=1S/C24H23ClN2O5/c1-29-21-13-18(9-10-20(21)32-15-16-7-5-4-6-8-16)24(28)27-26-14-17-11-19(25)23(31-3)22(12-17)30-2/h4-14H,15H2,1-3H3,(H,27,28)/b26-14+. The molecule has 32 heavy (non-hydrogen) atoms. The van der Waals surface area contributed by atoms with E-state index in [9.17, 15) is 4.79 Å². The van der Waals surface area contributed by atoms with Gasteiger partial charge in [-0.25, -0.2) is 5.43 Å². The summed E-state index contributed by atoms with van der Waals surface area (Å²) in [6, 6.07) is 18.0. The average molecular weight is 455 g/mol. The number of amides is 1. The van der Waals surface area contributed by atoms with Gasteiger partial charge in [0, 0.05) is 5.56 Å². The van der Waals surface area contributed by atoms with E-state index in [0.717, 1.165) is 5.56 Å². The Morgan fingerprint density at radius 1 is 0.938 bits per heavy atom. The maximum Gasteiger partial charge on any atom is 0.271 e. The van der Waals surface area contributed by atoms with Crippen molar-refractivity contribution >= 4 is 23.7 Å². The van der Waals surface area contributed by atoms with E-state index >= 15 is 0 Å². The van der Waals surface area contributed by atoms with Gasteiger partial charge in [-0.15, -0.1) is 0 Å². The van der Waals surface area contributed by atoms with Crippen LogP contribution < -0.4 is 24.4 Å². The monoisotopic (exact) mass is 454 g/mol. The molecule has 3 aromatic carbocycles. The largest absolute Gasteiger partial charge is 0.493 e. The Hall–Kier alpha value is -3.71. The number of methoxy groups -OCH3 is 3. The number of ether oxygens (including phenoxy) is 4. The first-order chi connectivity index (χ1) is 15.5. The molecule has 3 aromatic rings. The van der Waals surface area contributed by atoms with Gasteiger partial charge in [0.05, 0.1) is 32.6 Å². The van der Waals surface area contributed by atoms with Gasteiger partial charge >= 0.3 is 0 Å². The minimum Gasteiger partial charge on any atom is -0.493 e. The van der Waals surface area contributed by atoms with E-state index in [4.69, 9.17) is 30.5 Å². The fourth-order valence-corrected chi connectivity index (χ4v) is 3.20. The summed E-state index contributed by atoms with van der Waals surface area (Å²) in [7, 11) is 4.53. The van der Waals surface area contributed by atoms with Crippen LogP contribution in [-0.4, -0.2) is 33.5 Å². The summed E-state index contributed by atoms with van der Waals surface area (Å²) in [6.07, 6.45) is 1.46. The summed E-state index contributed by atoms with van der Waals surface area (Å²) in [5.41, 5.74) is 4.52. The van der Waals surface area contributed by atoms with Gasteiger partial charge in [0.2, 0.25) is 0 Å². The Balaban J connectivity index is 1.66. The molecule has 0 saturated heterocycles. The Kier molecular flexibility index (Phi) is 7.94. The van der Waals surface area contributed by atoms with Crippen LogP contribution in [0, 0.1) is 0 Å². The van der Waals surface area contributed by atoms with Crippen molar-refractivity contribution in [1.82, 2.24) is 5.43 Å². The summed E-state index contributed by atoms with van der Waals surface area (Å²) >= 11 is 6.18. The van der Waals surface area contributed by atoms with Crippen LogP contribution in [0.25, 0.3) is 0 Å². The van der Waals surface area contributed by atoms with E-state index in [2.05, 4.69) is 10.5 Å². The summed E-state index contributed by atoms with van der Waals surface area (Å²) in [6.45, 7) is 0.390. The van der Waals surface area contributed by atoms with E-state index in [1.54, 1.807) is 30.3 Å². The molecule has 8 heteroatoms. The molecule has 166 valence electrons. The number of hydrazone groups is 1. The molecular weight excluding hydrogens is 432 g/mol. The second kappa shape index (κ2) is 11.1. The van der Waals surface area contributed by atoms with Gasteiger partial charge in [-0.3, -0.25) is 4.79 Å². The summed E-state index contributed by atoms with van der Waals surface area (Å²) in [5.74, 6) is 1.47. The molecule has 0 unspecified atom stereocenters. The van der Waals surface area contributed by atoms with Crippen molar-refractivity contribution in [3.63, 3.8) is 0 Å². The van der Waals surface area contributed by atoms with Crippen LogP contribution in [0.3, 0.4) is 0 Å². The van der Waals surface area contributed by atoms with Crippen LogP contribution in [0.1, 0.15) is 21.5 Å². The quantitative estimate of drug-likeness (QED) is 0.374. The van der Waals surface area contributed by atoms with Gasteiger partial charge in [-0.1, -0.05) is 41.9 Å². The molecule has 1 N–H and O–H groups in total. The molecule has 0 bridgehead atoms. The van der Waals surface area contributed by atoms with E-state index in [1.165, 1.54) is 27.5 Å². The molecule has 0 spiro atoms. The molecule has 0 heterocycles. The molecule has 0 fully saturated rings. The average Bonchev–Trinajstić information content (AvgIpc) is 2.82. The Labute approximate surface area is 191 Å². The normalized spacial score (nSPS) is 10.6. The number of carbonyl (C=O) groups is 1.